The van der Waals surface area contributed by atoms with Gasteiger partial charge in [-0.1, -0.05) is 18.6 Å². The molecule has 6 N–H and O–H groups in total. The van der Waals surface area contributed by atoms with Crippen LogP contribution in [0.5, 0.6) is 0 Å². The van der Waals surface area contributed by atoms with E-state index in [1.165, 1.54) is 12.0 Å². The maximum absolute atomic E-state index is 2.21. The summed E-state index contributed by atoms with van der Waals surface area (Å²) < 4.78 is 0. The zero-order chi connectivity index (χ0) is 4.99. The Kier molecular flexibility index (Phi) is 19.2. The van der Waals surface area contributed by atoms with Gasteiger partial charge in [0.05, 0.1) is 0 Å². The van der Waals surface area contributed by atoms with E-state index < -0.39 is 0 Å². The summed E-state index contributed by atoms with van der Waals surface area (Å²) in [4.78, 5) is 0. The van der Waals surface area contributed by atoms with Crippen LogP contribution in [0.1, 0.15) is 27.2 Å². The molecular formula is C6H18N2. The van der Waals surface area contributed by atoms with Gasteiger partial charge in [0.2, 0.25) is 0 Å². The molecule has 0 bridgehead atoms. The Morgan fingerprint density at radius 3 is 1.62 bits per heavy atom. The second-order valence-electron chi connectivity index (χ2n) is 1.69. The van der Waals surface area contributed by atoms with E-state index in [9.17, 15) is 0 Å². The number of rotatable bonds is 1. The Bertz CT molecular complexity index is 53.5. The fourth-order valence-corrected chi connectivity index (χ4v) is 0.408. The largest absolute Gasteiger partial charge is 0.344 e. The summed E-state index contributed by atoms with van der Waals surface area (Å²) >= 11 is 0. The van der Waals surface area contributed by atoms with Crippen LogP contribution < -0.4 is 12.3 Å². The van der Waals surface area contributed by atoms with Gasteiger partial charge in [-0.2, -0.15) is 0 Å². The lowest BCUT2D eigenvalue weighted by atomic mass is 10.3. The lowest BCUT2D eigenvalue weighted by Gasteiger charge is -1.80. The van der Waals surface area contributed by atoms with Crippen molar-refractivity contribution in [3.63, 3.8) is 0 Å². The van der Waals surface area contributed by atoms with Crippen molar-refractivity contribution in [2.24, 2.45) is 0 Å². The van der Waals surface area contributed by atoms with Crippen molar-refractivity contribution in [1.82, 2.24) is 12.3 Å². The zero-order valence-electron chi connectivity index (χ0n) is 6.20. The van der Waals surface area contributed by atoms with Gasteiger partial charge in [-0.05, 0) is 20.3 Å². The average Bonchev–Trinajstić information content (AvgIpc) is 1.35. The predicted octanol–water partition coefficient (Wildman–Crippen LogP) is 2.69. The van der Waals surface area contributed by atoms with Crippen LogP contribution in [0.2, 0.25) is 0 Å². The average molecular weight is 118 g/mol. The minimum Gasteiger partial charge on any atom is -0.344 e. The first kappa shape index (κ1) is 15.6. The minimum absolute atomic E-state index is 0. The summed E-state index contributed by atoms with van der Waals surface area (Å²) in [5.41, 5.74) is 1.41. The molecule has 0 heterocycles. The highest BCUT2D eigenvalue weighted by atomic mass is 14.0. The number of hydrogen-bond acceptors (Lipinski definition) is 2. The molecule has 0 saturated carbocycles. The third-order valence-corrected chi connectivity index (χ3v) is 0.612. The van der Waals surface area contributed by atoms with Gasteiger partial charge < -0.3 is 12.3 Å². The molecule has 0 spiro atoms. The smallest absolute Gasteiger partial charge is 0.0377 e. The molecule has 0 radical (unpaired) electrons. The topological polar surface area (TPSA) is 70.0 Å². The Morgan fingerprint density at radius 1 is 1.25 bits per heavy atom. The van der Waals surface area contributed by atoms with E-state index in [2.05, 4.69) is 26.8 Å². The van der Waals surface area contributed by atoms with Crippen LogP contribution in [0, 0.1) is 0 Å². The molecule has 0 aromatic rings. The fourth-order valence-electron chi connectivity index (χ4n) is 0.408. The Morgan fingerprint density at radius 2 is 1.62 bits per heavy atom. The number of hydrogen-bond donors (Lipinski definition) is 2. The third kappa shape index (κ3) is 17.4. The molecule has 0 amide bonds. The normalized spacial score (nSPS) is 5.88. The molecule has 0 aromatic heterocycles. The van der Waals surface area contributed by atoms with E-state index in [4.69, 9.17) is 0 Å². The van der Waals surface area contributed by atoms with Gasteiger partial charge in [0.1, 0.15) is 0 Å². The minimum atomic E-state index is 0. The van der Waals surface area contributed by atoms with Crippen LogP contribution in [0.15, 0.2) is 11.6 Å². The molecule has 52 valence electrons. The molecule has 8 heavy (non-hydrogen) atoms. The Hall–Kier alpha value is -0.340. The van der Waals surface area contributed by atoms with Gasteiger partial charge in [-0.3, -0.25) is 0 Å². The monoisotopic (exact) mass is 118 g/mol. The van der Waals surface area contributed by atoms with Gasteiger partial charge in [0, 0.05) is 0 Å². The second kappa shape index (κ2) is 9.83. The Balaban J connectivity index is -0.000000125. The van der Waals surface area contributed by atoms with E-state index in [1.54, 1.807) is 0 Å². The number of allylic oxidation sites excluding steroid dienone is 2. The summed E-state index contributed by atoms with van der Waals surface area (Å²) in [6, 6.07) is 0. The summed E-state index contributed by atoms with van der Waals surface area (Å²) in [6.45, 7) is 6.38. The summed E-state index contributed by atoms with van der Waals surface area (Å²) in [7, 11) is 0. The first-order valence-corrected chi connectivity index (χ1v) is 2.40. The van der Waals surface area contributed by atoms with Crippen molar-refractivity contribution in [2.45, 2.75) is 27.2 Å². The highest BCUT2D eigenvalue weighted by Crippen LogP contribution is 1.88. The second-order valence-corrected chi connectivity index (χ2v) is 1.69. The molecule has 2 nitrogen and oxygen atoms in total. The quantitative estimate of drug-likeness (QED) is 0.519. The summed E-state index contributed by atoms with van der Waals surface area (Å²) in [6.07, 6.45) is 3.38. The molecule has 0 aliphatic heterocycles. The van der Waals surface area contributed by atoms with E-state index in [0.717, 1.165) is 0 Å². The van der Waals surface area contributed by atoms with Gasteiger partial charge in [-0.15, -0.1) is 0 Å². The molecular weight excluding hydrogens is 100 g/mol. The van der Waals surface area contributed by atoms with Crippen LogP contribution in [0.3, 0.4) is 0 Å². The van der Waals surface area contributed by atoms with Crippen LogP contribution in [-0.2, 0) is 0 Å². The van der Waals surface area contributed by atoms with Gasteiger partial charge >= 0.3 is 0 Å². The van der Waals surface area contributed by atoms with Crippen molar-refractivity contribution >= 4 is 0 Å². The SMILES string of the molecule is CCC=C(C)C.N.N. The van der Waals surface area contributed by atoms with Crippen molar-refractivity contribution in [3.05, 3.63) is 11.6 Å². The third-order valence-electron chi connectivity index (χ3n) is 0.612. The summed E-state index contributed by atoms with van der Waals surface area (Å²) in [5, 5.41) is 0. The zero-order valence-corrected chi connectivity index (χ0v) is 6.20. The standard InChI is InChI=1S/C6H12.2H3N/c1-4-5-6(2)3;;/h5H,4H2,1-3H3;2*1H3. The fraction of sp³-hybridized carbons (Fsp3) is 0.667. The van der Waals surface area contributed by atoms with Crippen molar-refractivity contribution in [1.29, 1.82) is 0 Å². The molecule has 0 aliphatic carbocycles. The molecule has 0 aromatic carbocycles. The first-order valence-electron chi connectivity index (χ1n) is 2.40. The molecule has 0 rings (SSSR count). The van der Waals surface area contributed by atoms with Crippen molar-refractivity contribution < 1.29 is 0 Å². The maximum atomic E-state index is 2.21. The Labute approximate surface area is 52.1 Å². The highest BCUT2D eigenvalue weighted by molar-refractivity contribution is 4.91. The van der Waals surface area contributed by atoms with Gasteiger partial charge in [0.25, 0.3) is 0 Å². The summed E-state index contributed by atoms with van der Waals surface area (Å²) in [5.74, 6) is 0. The van der Waals surface area contributed by atoms with Gasteiger partial charge in [-0.25, -0.2) is 0 Å². The van der Waals surface area contributed by atoms with Crippen LogP contribution in [0.25, 0.3) is 0 Å². The van der Waals surface area contributed by atoms with E-state index >= 15 is 0 Å². The lowest BCUT2D eigenvalue weighted by molar-refractivity contribution is 1.18. The predicted molar refractivity (Wildman–Crippen MR) is 39.8 cm³/mol. The van der Waals surface area contributed by atoms with Crippen molar-refractivity contribution in [3.8, 4) is 0 Å². The van der Waals surface area contributed by atoms with E-state index in [0.29, 0.717) is 0 Å². The molecule has 0 atom stereocenters. The van der Waals surface area contributed by atoms with Crippen LogP contribution in [0.4, 0.5) is 0 Å². The van der Waals surface area contributed by atoms with Crippen LogP contribution >= 0.6 is 0 Å². The first-order chi connectivity index (χ1) is 2.77. The van der Waals surface area contributed by atoms with E-state index in [1.807, 2.05) is 0 Å². The maximum Gasteiger partial charge on any atom is -0.0377 e. The molecule has 0 fully saturated rings. The highest BCUT2D eigenvalue weighted by Gasteiger charge is 1.67. The van der Waals surface area contributed by atoms with Crippen molar-refractivity contribution in [2.75, 3.05) is 0 Å². The lowest BCUT2D eigenvalue weighted by Crippen LogP contribution is -1.58. The van der Waals surface area contributed by atoms with Gasteiger partial charge in [0.15, 0.2) is 0 Å². The molecule has 0 saturated heterocycles. The van der Waals surface area contributed by atoms with E-state index in [-0.39, 0.29) is 12.3 Å². The molecule has 0 unspecified atom stereocenters. The molecule has 2 heteroatoms. The van der Waals surface area contributed by atoms with Crippen LogP contribution in [-0.4, -0.2) is 0 Å². The molecule has 0 aliphatic rings.